The molecule has 3 aliphatic rings. The number of imide groups is 1. The van der Waals surface area contributed by atoms with Gasteiger partial charge in [-0.2, -0.15) is 0 Å². The molecular weight excluding hydrogens is 206 g/mol. The zero-order chi connectivity index (χ0) is 11.5. The first-order valence-corrected chi connectivity index (χ1v) is 5.86. The standard InChI is InChI=1S/C11H17N3O2/c1-13-9(15)11(14(2)10(13)16)5-7-3-4-8(6-11)12-7/h7-8,12H,3-6H2,1-2H3/t7-,8+,11?. The van der Waals surface area contributed by atoms with Gasteiger partial charge in [0.2, 0.25) is 0 Å². The second-order valence-electron chi connectivity index (χ2n) is 5.28. The van der Waals surface area contributed by atoms with Gasteiger partial charge in [0.25, 0.3) is 5.91 Å². The number of piperidine rings is 1. The predicted octanol–water partition coefficient (Wildman–Crippen LogP) is 0.163. The van der Waals surface area contributed by atoms with E-state index in [1.54, 1.807) is 19.0 Å². The van der Waals surface area contributed by atoms with Gasteiger partial charge in [0.05, 0.1) is 0 Å². The molecule has 88 valence electrons. The number of likely N-dealkylation sites (N-methyl/N-ethyl adjacent to an activating group) is 2. The zero-order valence-electron chi connectivity index (χ0n) is 9.69. The van der Waals surface area contributed by atoms with E-state index in [4.69, 9.17) is 0 Å². The highest BCUT2D eigenvalue weighted by molar-refractivity contribution is 6.06. The van der Waals surface area contributed by atoms with Crippen molar-refractivity contribution in [2.45, 2.75) is 43.3 Å². The van der Waals surface area contributed by atoms with Gasteiger partial charge < -0.3 is 10.2 Å². The normalized spacial score (nSPS) is 42.6. The van der Waals surface area contributed by atoms with E-state index < -0.39 is 5.54 Å². The SMILES string of the molecule is CN1C(=O)N(C)C2(C[C@H]3CC[C@@H](C2)N3)C1=O. The Balaban J connectivity index is 1.98. The van der Waals surface area contributed by atoms with Crippen LogP contribution in [0.15, 0.2) is 0 Å². The third-order valence-corrected chi connectivity index (χ3v) is 4.42. The molecule has 0 aliphatic carbocycles. The lowest BCUT2D eigenvalue weighted by atomic mass is 9.83. The highest BCUT2D eigenvalue weighted by Gasteiger charge is 2.58. The van der Waals surface area contributed by atoms with Crippen LogP contribution in [0.25, 0.3) is 0 Å². The number of amides is 3. The van der Waals surface area contributed by atoms with Crippen LogP contribution in [-0.4, -0.2) is 53.5 Å². The molecule has 0 aromatic carbocycles. The summed E-state index contributed by atoms with van der Waals surface area (Å²) < 4.78 is 0. The van der Waals surface area contributed by atoms with Crippen LogP contribution < -0.4 is 5.32 Å². The Bertz CT molecular complexity index is 356. The van der Waals surface area contributed by atoms with Gasteiger partial charge in [-0.15, -0.1) is 0 Å². The molecule has 3 atom stereocenters. The largest absolute Gasteiger partial charge is 0.327 e. The Morgan fingerprint density at radius 1 is 1.19 bits per heavy atom. The number of carbonyl (C=O) groups is 2. The number of fused-ring (bicyclic) bond motifs is 2. The first kappa shape index (κ1) is 10.1. The van der Waals surface area contributed by atoms with Crippen LogP contribution in [0.5, 0.6) is 0 Å². The third kappa shape index (κ3) is 1.04. The summed E-state index contributed by atoms with van der Waals surface area (Å²) in [6, 6.07) is 0.653. The van der Waals surface area contributed by atoms with Crippen LogP contribution in [0.4, 0.5) is 4.79 Å². The summed E-state index contributed by atoms with van der Waals surface area (Å²) >= 11 is 0. The highest BCUT2D eigenvalue weighted by atomic mass is 16.2. The van der Waals surface area contributed by atoms with Crippen LogP contribution in [0, 0.1) is 0 Å². The molecule has 5 nitrogen and oxygen atoms in total. The van der Waals surface area contributed by atoms with Crippen LogP contribution in [0.1, 0.15) is 25.7 Å². The summed E-state index contributed by atoms with van der Waals surface area (Å²) in [5.41, 5.74) is -0.553. The van der Waals surface area contributed by atoms with Crippen LogP contribution >= 0.6 is 0 Å². The van der Waals surface area contributed by atoms with Gasteiger partial charge in [-0.25, -0.2) is 4.79 Å². The summed E-state index contributed by atoms with van der Waals surface area (Å²) in [7, 11) is 3.34. The van der Waals surface area contributed by atoms with E-state index in [1.165, 1.54) is 4.90 Å². The number of carbonyl (C=O) groups excluding carboxylic acids is 2. The zero-order valence-corrected chi connectivity index (χ0v) is 9.69. The van der Waals surface area contributed by atoms with E-state index >= 15 is 0 Å². The number of nitrogens with zero attached hydrogens (tertiary/aromatic N) is 2. The molecule has 3 saturated heterocycles. The molecule has 0 radical (unpaired) electrons. The molecule has 2 bridgehead atoms. The Morgan fingerprint density at radius 2 is 1.75 bits per heavy atom. The first-order valence-electron chi connectivity index (χ1n) is 5.86. The highest BCUT2D eigenvalue weighted by Crippen LogP contribution is 2.41. The molecular formula is C11H17N3O2. The fourth-order valence-electron chi connectivity index (χ4n) is 3.52. The minimum absolute atomic E-state index is 0.0154. The summed E-state index contributed by atoms with van der Waals surface area (Å²) in [6.07, 6.45) is 3.81. The van der Waals surface area contributed by atoms with Crippen molar-refractivity contribution in [2.75, 3.05) is 14.1 Å². The lowest BCUT2D eigenvalue weighted by Gasteiger charge is -2.40. The van der Waals surface area contributed by atoms with Crippen molar-refractivity contribution in [3.05, 3.63) is 0 Å². The van der Waals surface area contributed by atoms with E-state index in [1.807, 2.05) is 0 Å². The van der Waals surface area contributed by atoms with E-state index in [-0.39, 0.29) is 11.9 Å². The van der Waals surface area contributed by atoms with Crippen molar-refractivity contribution < 1.29 is 9.59 Å². The van der Waals surface area contributed by atoms with Crippen molar-refractivity contribution in [1.29, 1.82) is 0 Å². The van der Waals surface area contributed by atoms with Gasteiger partial charge in [0.1, 0.15) is 5.54 Å². The van der Waals surface area contributed by atoms with Gasteiger partial charge in [0, 0.05) is 26.2 Å². The molecule has 1 unspecified atom stereocenters. The van der Waals surface area contributed by atoms with Gasteiger partial charge in [-0.3, -0.25) is 9.69 Å². The van der Waals surface area contributed by atoms with Crippen molar-refractivity contribution >= 4 is 11.9 Å². The lowest BCUT2D eigenvalue weighted by molar-refractivity contribution is -0.134. The fourth-order valence-corrected chi connectivity index (χ4v) is 3.52. The molecule has 0 aromatic heterocycles. The molecule has 3 aliphatic heterocycles. The Morgan fingerprint density at radius 3 is 2.19 bits per heavy atom. The van der Waals surface area contributed by atoms with E-state index in [0.717, 1.165) is 25.7 Å². The maximum Gasteiger partial charge on any atom is 0.327 e. The van der Waals surface area contributed by atoms with Crippen molar-refractivity contribution in [3.63, 3.8) is 0 Å². The third-order valence-electron chi connectivity index (χ3n) is 4.42. The maximum atomic E-state index is 12.3. The Kier molecular flexibility index (Phi) is 1.87. The number of rotatable bonds is 0. The molecule has 3 fully saturated rings. The molecule has 1 N–H and O–H groups in total. The van der Waals surface area contributed by atoms with Crippen molar-refractivity contribution in [1.82, 2.24) is 15.1 Å². The van der Waals surface area contributed by atoms with Gasteiger partial charge in [0.15, 0.2) is 0 Å². The average Bonchev–Trinajstić information content (AvgIpc) is 2.69. The second-order valence-corrected chi connectivity index (χ2v) is 5.28. The molecule has 5 heteroatoms. The molecule has 16 heavy (non-hydrogen) atoms. The summed E-state index contributed by atoms with van der Waals surface area (Å²) in [4.78, 5) is 27.0. The van der Waals surface area contributed by atoms with E-state index in [0.29, 0.717) is 12.1 Å². The number of hydrogen-bond donors (Lipinski definition) is 1. The van der Waals surface area contributed by atoms with E-state index in [9.17, 15) is 9.59 Å². The molecule has 3 rings (SSSR count). The molecule has 0 aromatic rings. The second kappa shape index (κ2) is 2.97. The van der Waals surface area contributed by atoms with Crippen LogP contribution in [0.2, 0.25) is 0 Å². The quantitative estimate of drug-likeness (QED) is 0.595. The smallest absolute Gasteiger partial charge is 0.312 e. The molecule has 1 spiro atoms. The summed E-state index contributed by atoms with van der Waals surface area (Å²) in [5.74, 6) is -0.0154. The first-order chi connectivity index (χ1) is 7.54. The van der Waals surface area contributed by atoms with Gasteiger partial charge in [-0.1, -0.05) is 0 Å². The summed E-state index contributed by atoms with van der Waals surface area (Å²) in [6.45, 7) is 0. The topological polar surface area (TPSA) is 52.7 Å². The number of urea groups is 1. The molecule has 3 amide bonds. The fraction of sp³-hybridized carbons (Fsp3) is 0.818. The number of nitrogens with one attached hydrogen (secondary N) is 1. The van der Waals surface area contributed by atoms with Crippen molar-refractivity contribution in [3.8, 4) is 0 Å². The molecule has 3 heterocycles. The molecule has 0 saturated carbocycles. The van der Waals surface area contributed by atoms with Gasteiger partial charge in [-0.05, 0) is 25.7 Å². The Labute approximate surface area is 94.8 Å². The van der Waals surface area contributed by atoms with Crippen LogP contribution in [-0.2, 0) is 4.79 Å². The van der Waals surface area contributed by atoms with Gasteiger partial charge >= 0.3 is 6.03 Å². The Hall–Kier alpha value is -1.10. The maximum absolute atomic E-state index is 12.3. The minimum atomic E-state index is -0.553. The van der Waals surface area contributed by atoms with Crippen molar-refractivity contribution in [2.24, 2.45) is 0 Å². The monoisotopic (exact) mass is 223 g/mol. The van der Waals surface area contributed by atoms with Crippen LogP contribution in [0.3, 0.4) is 0 Å². The minimum Gasteiger partial charge on any atom is -0.312 e. The summed E-state index contributed by atoms with van der Waals surface area (Å²) in [5, 5.41) is 3.50. The lowest BCUT2D eigenvalue weighted by Crippen LogP contribution is -2.58. The van der Waals surface area contributed by atoms with E-state index in [2.05, 4.69) is 5.32 Å². The predicted molar refractivity (Wildman–Crippen MR) is 57.8 cm³/mol. The average molecular weight is 223 g/mol. The number of hydrogen-bond acceptors (Lipinski definition) is 3.